The molecule has 2 unspecified atom stereocenters. The lowest BCUT2D eigenvalue weighted by atomic mass is 9.66. The molecule has 3 N–H and O–H groups in total. The Balaban J connectivity index is 1.26. The number of nitrogens with one attached hydrogen (secondary N) is 2. The van der Waals surface area contributed by atoms with Gasteiger partial charge in [-0.2, -0.15) is 0 Å². The number of para-hydroxylation sites is 1. The summed E-state index contributed by atoms with van der Waals surface area (Å²) in [6.45, 7) is 6.53. The van der Waals surface area contributed by atoms with E-state index in [0.29, 0.717) is 6.04 Å². The third kappa shape index (κ3) is 2.49. The van der Waals surface area contributed by atoms with E-state index in [0.717, 1.165) is 66.8 Å². The second-order valence-electron chi connectivity index (χ2n) is 8.61. The molecule has 7 heteroatoms. The van der Waals surface area contributed by atoms with Crippen molar-refractivity contribution >= 4 is 11.5 Å². The molecular formula is C21H26N6O. The minimum atomic E-state index is 0.243. The highest BCUT2D eigenvalue weighted by Crippen LogP contribution is 2.42. The molecule has 0 radical (unpaired) electrons. The fraction of sp³-hybridized carbons (Fsp3) is 0.524. The number of hydrogen-bond donors (Lipinski definition) is 3. The summed E-state index contributed by atoms with van der Waals surface area (Å²) < 4.78 is 0. The van der Waals surface area contributed by atoms with Gasteiger partial charge in [0, 0.05) is 37.8 Å². The van der Waals surface area contributed by atoms with Gasteiger partial charge in [0.25, 0.3) is 0 Å². The number of piperidine rings is 2. The summed E-state index contributed by atoms with van der Waals surface area (Å²) in [7, 11) is 0. The maximum Gasteiger partial charge on any atom is 0.172 e. The maximum atomic E-state index is 10.2. The summed E-state index contributed by atoms with van der Waals surface area (Å²) >= 11 is 0. The third-order valence-corrected chi connectivity index (χ3v) is 7.09. The Labute approximate surface area is 164 Å². The molecule has 1 saturated carbocycles. The number of nitrogens with zero attached hydrogens (tertiary/aromatic N) is 4. The van der Waals surface area contributed by atoms with Crippen molar-refractivity contribution in [1.82, 2.24) is 20.4 Å². The number of aromatic nitrogens is 2. The van der Waals surface area contributed by atoms with E-state index < -0.39 is 0 Å². The molecule has 28 heavy (non-hydrogen) atoms. The molecule has 3 fully saturated rings. The van der Waals surface area contributed by atoms with Gasteiger partial charge in [-0.3, -0.25) is 4.90 Å². The molecule has 7 nitrogen and oxygen atoms in total. The van der Waals surface area contributed by atoms with Gasteiger partial charge in [0.15, 0.2) is 5.82 Å². The number of piperazine rings is 1. The minimum Gasteiger partial charge on any atom is -0.507 e. The number of phenols is 1. The molecule has 1 aromatic heterocycles. The van der Waals surface area contributed by atoms with Crippen LogP contribution in [0.25, 0.3) is 11.3 Å². The molecule has 2 saturated heterocycles. The first-order valence-corrected chi connectivity index (χ1v) is 10.4. The topological polar surface area (TPSA) is 76.5 Å². The summed E-state index contributed by atoms with van der Waals surface area (Å²) in [6, 6.07) is 10.6. The standard InChI is InChI=1S/C21H26N6O/c28-19-4-2-1-3-16(19)17-8-18-21(25-24-17)23-11-15-12-26(5-6-27(15)18)20-13-7-14(20)10-22-9-13/h1-4,8,13-15,20,22,28H,5-7,9-12H2,(H,23,25)/t13?,14?,15-,20?/m0/s1. The molecule has 1 aliphatic carbocycles. The summed E-state index contributed by atoms with van der Waals surface area (Å²) in [4.78, 5) is 5.24. The molecular weight excluding hydrogens is 352 g/mol. The Bertz CT molecular complexity index is 890. The Morgan fingerprint density at radius 2 is 1.89 bits per heavy atom. The lowest BCUT2D eigenvalue weighted by molar-refractivity contribution is -0.0339. The number of aromatic hydroxyl groups is 1. The van der Waals surface area contributed by atoms with Crippen molar-refractivity contribution in [2.24, 2.45) is 11.8 Å². The van der Waals surface area contributed by atoms with Crippen LogP contribution in [0.4, 0.5) is 11.5 Å². The molecule has 3 aliphatic heterocycles. The van der Waals surface area contributed by atoms with Crippen LogP contribution in [0.15, 0.2) is 30.3 Å². The van der Waals surface area contributed by atoms with Gasteiger partial charge < -0.3 is 20.6 Å². The van der Waals surface area contributed by atoms with Crippen molar-refractivity contribution in [3.63, 3.8) is 0 Å². The molecule has 4 heterocycles. The van der Waals surface area contributed by atoms with Crippen LogP contribution in [0.1, 0.15) is 6.42 Å². The molecule has 2 aromatic rings. The van der Waals surface area contributed by atoms with E-state index in [9.17, 15) is 5.11 Å². The predicted octanol–water partition coefficient (Wildman–Crippen LogP) is 1.37. The molecule has 2 bridgehead atoms. The highest BCUT2D eigenvalue weighted by atomic mass is 16.3. The molecule has 6 rings (SSSR count). The lowest BCUT2D eigenvalue weighted by Crippen LogP contribution is -2.68. The quantitative estimate of drug-likeness (QED) is 0.729. The molecule has 0 spiro atoms. The van der Waals surface area contributed by atoms with Gasteiger partial charge in [0.2, 0.25) is 0 Å². The number of rotatable bonds is 2. The largest absolute Gasteiger partial charge is 0.507 e. The monoisotopic (exact) mass is 378 g/mol. The minimum absolute atomic E-state index is 0.243. The summed E-state index contributed by atoms with van der Waals surface area (Å²) in [5.74, 6) is 2.78. The fourth-order valence-corrected chi connectivity index (χ4v) is 5.72. The van der Waals surface area contributed by atoms with Crippen LogP contribution in [-0.4, -0.2) is 71.6 Å². The smallest absolute Gasteiger partial charge is 0.172 e. The van der Waals surface area contributed by atoms with Crippen molar-refractivity contribution in [2.75, 3.05) is 49.5 Å². The summed E-state index contributed by atoms with van der Waals surface area (Å²) in [5.41, 5.74) is 2.56. The van der Waals surface area contributed by atoms with Crippen LogP contribution in [0.5, 0.6) is 5.75 Å². The van der Waals surface area contributed by atoms with E-state index in [2.05, 4.69) is 36.7 Å². The van der Waals surface area contributed by atoms with Crippen molar-refractivity contribution in [2.45, 2.75) is 18.5 Å². The van der Waals surface area contributed by atoms with Gasteiger partial charge in [-0.15, -0.1) is 10.2 Å². The Morgan fingerprint density at radius 3 is 2.71 bits per heavy atom. The molecule has 0 amide bonds. The Morgan fingerprint density at radius 1 is 1.04 bits per heavy atom. The zero-order valence-corrected chi connectivity index (χ0v) is 15.9. The van der Waals surface area contributed by atoms with Crippen molar-refractivity contribution in [3.8, 4) is 17.0 Å². The zero-order valence-electron chi connectivity index (χ0n) is 15.9. The number of hydrogen-bond acceptors (Lipinski definition) is 7. The zero-order chi connectivity index (χ0) is 18.7. The van der Waals surface area contributed by atoms with Gasteiger partial charge in [-0.05, 0) is 49.5 Å². The van der Waals surface area contributed by atoms with E-state index >= 15 is 0 Å². The fourth-order valence-electron chi connectivity index (χ4n) is 5.72. The first kappa shape index (κ1) is 16.6. The SMILES string of the molecule is Oc1ccccc1-c1cc2c(nn1)NC[C@H]1CN(C3C4CNCC3C4)CCN21. The van der Waals surface area contributed by atoms with Gasteiger partial charge in [-0.1, -0.05) is 12.1 Å². The van der Waals surface area contributed by atoms with Crippen molar-refractivity contribution < 1.29 is 5.11 Å². The molecule has 4 aliphatic rings. The van der Waals surface area contributed by atoms with Gasteiger partial charge in [0.1, 0.15) is 5.75 Å². The van der Waals surface area contributed by atoms with Crippen molar-refractivity contribution in [1.29, 1.82) is 0 Å². The van der Waals surface area contributed by atoms with Crippen LogP contribution >= 0.6 is 0 Å². The van der Waals surface area contributed by atoms with Gasteiger partial charge in [0.05, 0.1) is 17.4 Å². The highest BCUT2D eigenvalue weighted by molar-refractivity contribution is 5.76. The van der Waals surface area contributed by atoms with E-state index in [4.69, 9.17) is 0 Å². The first-order chi connectivity index (χ1) is 13.8. The normalized spacial score (nSPS) is 31.4. The molecule has 146 valence electrons. The van der Waals surface area contributed by atoms with Crippen molar-refractivity contribution in [3.05, 3.63) is 30.3 Å². The van der Waals surface area contributed by atoms with Gasteiger partial charge >= 0.3 is 0 Å². The predicted molar refractivity (Wildman–Crippen MR) is 109 cm³/mol. The average Bonchev–Trinajstić information content (AvgIpc) is 2.74. The average molecular weight is 378 g/mol. The van der Waals surface area contributed by atoms with E-state index in [1.54, 1.807) is 6.07 Å². The maximum absolute atomic E-state index is 10.2. The number of benzene rings is 1. The van der Waals surface area contributed by atoms with Crippen LogP contribution in [0.2, 0.25) is 0 Å². The van der Waals surface area contributed by atoms with E-state index in [1.807, 2.05) is 18.2 Å². The number of anilines is 2. The van der Waals surface area contributed by atoms with Crippen LogP contribution in [-0.2, 0) is 0 Å². The van der Waals surface area contributed by atoms with E-state index in [1.165, 1.54) is 19.5 Å². The molecule has 3 atom stereocenters. The number of fused-ring (bicyclic) bond motifs is 5. The highest BCUT2D eigenvalue weighted by Gasteiger charge is 2.48. The summed E-state index contributed by atoms with van der Waals surface area (Å²) in [5, 5.41) is 26.0. The Kier molecular flexibility index (Phi) is 3.74. The molecule has 1 aromatic carbocycles. The second-order valence-corrected chi connectivity index (χ2v) is 8.61. The number of phenolic OH excluding ortho intramolecular Hbond substituents is 1. The van der Waals surface area contributed by atoms with Gasteiger partial charge in [-0.25, -0.2) is 0 Å². The van der Waals surface area contributed by atoms with Crippen LogP contribution in [0, 0.1) is 11.8 Å². The van der Waals surface area contributed by atoms with Crippen LogP contribution in [0.3, 0.4) is 0 Å². The first-order valence-electron chi connectivity index (χ1n) is 10.4. The third-order valence-electron chi connectivity index (χ3n) is 7.09. The lowest BCUT2D eigenvalue weighted by Gasteiger charge is -2.57. The van der Waals surface area contributed by atoms with Crippen LogP contribution < -0.4 is 15.5 Å². The summed E-state index contributed by atoms with van der Waals surface area (Å²) in [6.07, 6.45) is 1.41. The Hall–Kier alpha value is -2.38. The van der Waals surface area contributed by atoms with E-state index in [-0.39, 0.29) is 5.75 Å². The second kappa shape index (κ2) is 6.32.